The van der Waals surface area contributed by atoms with Crippen LogP contribution in [0, 0.1) is 12.3 Å². The molecule has 0 aliphatic rings. The van der Waals surface area contributed by atoms with E-state index < -0.39 is 0 Å². The Balaban J connectivity index is 2.91. The maximum absolute atomic E-state index is 11.4. The van der Waals surface area contributed by atoms with Gasteiger partial charge in [0, 0.05) is 4.88 Å². The van der Waals surface area contributed by atoms with Crippen molar-refractivity contribution in [1.29, 1.82) is 0 Å². The van der Waals surface area contributed by atoms with Gasteiger partial charge in [-0.2, -0.15) is 0 Å². The Kier molecular flexibility index (Phi) is 3.55. The van der Waals surface area contributed by atoms with Gasteiger partial charge in [-0.3, -0.25) is 0 Å². The van der Waals surface area contributed by atoms with Crippen LogP contribution in [0.15, 0.2) is 6.07 Å². The van der Waals surface area contributed by atoms with Gasteiger partial charge in [0.25, 0.3) is 0 Å². The Morgan fingerprint density at radius 3 is 2.53 bits per heavy atom. The topological polar surface area (TPSA) is 26.3 Å². The van der Waals surface area contributed by atoms with E-state index in [2.05, 4.69) is 26.8 Å². The average molecular weight is 226 g/mol. The lowest BCUT2D eigenvalue weighted by Crippen LogP contribution is -2.07. The van der Waals surface area contributed by atoms with Crippen molar-refractivity contribution < 1.29 is 9.53 Å². The van der Waals surface area contributed by atoms with Crippen molar-refractivity contribution in [3.63, 3.8) is 0 Å². The largest absolute Gasteiger partial charge is 0.465 e. The summed E-state index contributed by atoms with van der Waals surface area (Å²) in [4.78, 5) is 13.4. The Bertz CT molecular complexity index is 358. The first-order chi connectivity index (χ1) is 6.83. The van der Waals surface area contributed by atoms with Crippen molar-refractivity contribution in [1.82, 2.24) is 0 Å². The maximum atomic E-state index is 11.4. The van der Waals surface area contributed by atoms with Crippen molar-refractivity contribution in [3.05, 3.63) is 21.4 Å². The van der Waals surface area contributed by atoms with Gasteiger partial charge in [0.15, 0.2) is 0 Å². The molecule has 0 fully saturated rings. The van der Waals surface area contributed by atoms with E-state index in [4.69, 9.17) is 4.74 Å². The first kappa shape index (κ1) is 12.2. The zero-order chi connectivity index (χ0) is 11.6. The highest BCUT2D eigenvalue weighted by molar-refractivity contribution is 7.14. The maximum Gasteiger partial charge on any atom is 0.348 e. The molecule has 84 valence electrons. The summed E-state index contributed by atoms with van der Waals surface area (Å²) >= 11 is 1.54. The molecule has 0 amide bonds. The molecule has 0 N–H and O–H groups in total. The summed E-state index contributed by atoms with van der Waals surface area (Å²) in [6.45, 7) is 8.54. The minimum atomic E-state index is -0.224. The number of thiophene rings is 1. The molecule has 0 aromatic carbocycles. The van der Waals surface area contributed by atoms with E-state index in [1.165, 1.54) is 12.0 Å². The molecule has 0 aliphatic carbocycles. The molecule has 2 nitrogen and oxygen atoms in total. The first-order valence-electron chi connectivity index (χ1n) is 5.01. The summed E-state index contributed by atoms with van der Waals surface area (Å²) in [6.07, 6.45) is 0.996. The van der Waals surface area contributed by atoms with E-state index in [1.807, 2.05) is 6.92 Å². The fourth-order valence-corrected chi connectivity index (χ4v) is 2.84. The van der Waals surface area contributed by atoms with Gasteiger partial charge in [0.1, 0.15) is 4.88 Å². The van der Waals surface area contributed by atoms with Crippen molar-refractivity contribution in [2.24, 2.45) is 5.41 Å². The monoisotopic (exact) mass is 226 g/mol. The van der Waals surface area contributed by atoms with E-state index in [-0.39, 0.29) is 11.4 Å². The number of hydrogen-bond acceptors (Lipinski definition) is 3. The summed E-state index contributed by atoms with van der Waals surface area (Å²) in [5.41, 5.74) is 1.27. The Hall–Kier alpha value is -0.830. The second-order valence-electron chi connectivity index (χ2n) is 4.95. The van der Waals surface area contributed by atoms with Gasteiger partial charge < -0.3 is 4.74 Å². The first-order valence-corrected chi connectivity index (χ1v) is 5.83. The van der Waals surface area contributed by atoms with Crippen molar-refractivity contribution in [2.45, 2.75) is 34.1 Å². The molecule has 0 spiro atoms. The molecule has 0 radical (unpaired) electrons. The molecule has 0 saturated carbocycles. The lowest BCUT2D eigenvalue weighted by Gasteiger charge is -2.16. The summed E-state index contributed by atoms with van der Waals surface area (Å²) in [5, 5.41) is 0. The molecule has 1 rings (SSSR count). The van der Waals surface area contributed by atoms with Crippen molar-refractivity contribution >= 4 is 17.3 Å². The van der Waals surface area contributed by atoms with E-state index in [0.29, 0.717) is 0 Å². The molecular formula is C12H18O2S. The highest BCUT2D eigenvalue weighted by atomic mass is 32.1. The van der Waals surface area contributed by atoms with Crippen LogP contribution in [0.5, 0.6) is 0 Å². The van der Waals surface area contributed by atoms with Gasteiger partial charge in [0.2, 0.25) is 0 Å². The number of methoxy groups -OCH3 is 1. The highest BCUT2D eigenvalue weighted by Gasteiger charge is 2.17. The van der Waals surface area contributed by atoms with Gasteiger partial charge >= 0.3 is 5.97 Å². The number of aryl methyl sites for hydroxylation is 1. The van der Waals surface area contributed by atoms with Crippen LogP contribution in [0.2, 0.25) is 0 Å². The molecule has 1 heterocycles. The number of carbonyl (C=O) groups excluding carboxylic acids is 1. The van der Waals surface area contributed by atoms with E-state index in [1.54, 1.807) is 11.3 Å². The molecular weight excluding hydrogens is 208 g/mol. The fraction of sp³-hybridized carbons (Fsp3) is 0.583. The molecule has 0 unspecified atom stereocenters. The quantitative estimate of drug-likeness (QED) is 0.722. The number of rotatable bonds is 2. The Morgan fingerprint density at radius 1 is 1.47 bits per heavy atom. The summed E-state index contributed by atoms with van der Waals surface area (Å²) in [6, 6.07) is 2.09. The Morgan fingerprint density at radius 2 is 2.07 bits per heavy atom. The predicted molar refractivity (Wildman–Crippen MR) is 63.6 cm³/mol. The molecule has 1 aromatic rings. The van der Waals surface area contributed by atoms with Gasteiger partial charge in [0.05, 0.1) is 7.11 Å². The SMILES string of the molecule is COC(=O)c1sc(CC(C)(C)C)cc1C. The molecule has 0 atom stereocenters. The lowest BCUT2D eigenvalue weighted by atomic mass is 9.91. The van der Waals surface area contributed by atoms with Crippen LogP contribution in [0.25, 0.3) is 0 Å². The molecule has 0 aliphatic heterocycles. The standard InChI is InChI=1S/C12H18O2S/c1-8-6-9(7-12(2,3)4)15-10(8)11(13)14-5/h6H,7H2,1-5H3. The second kappa shape index (κ2) is 4.35. The van der Waals surface area contributed by atoms with Gasteiger partial charge in [-0.15, -0.1) is 11.3 Å². The second-order valence-corrected chi connectivity index (χ2v) is 6.09. The number of carbonyl (C=O) groups is 1. The number of hydrogen-bond donors (Lipinski definition) is 0. The predicted octanol–water partition coefficient (Wildman–Crippen LogP) is 3.43. The van der Waals surface area contributed by atoms with Crippen molar-refractivity contribution in [2.75, 3.05) is 7.11 Å². The van der Waals surface area contributed by atoms with Crippen LogP contribution < -0.4 is 0 Å². The van der Waals surface area contributed by atoms with Crippen LogP contribution in [0.4, 0.5) is 0 Å². The summed E-state index contributed by atoms with van der Waals surface area (Å²) in [7, 11) is 1.42. The fourth-order valence-electron chi connectivity index (χ4n) is 1.45. The van der Waals surface area contributed by atoms with Gasteiger partial charge in [-0.25, -0.2) is 4.79 Å². The highest BCUT2D eigenvalue weighted by Crippen LogP contribution is 2.29. The zero-order valence-electron chi connectivity index (χ0n) is 10.0. The Labute approximate surface area is 95.3 Å². The smallest absolute Gasteiger partial charge is 0.348 e. The lowest BCUT2D eigenvalue weighted by molar-refractivity contribution is 0.0605. The molecule has 0 bridgehead atoms. The van der Waals surface area contributed by atoms with E-state index >= 15 is 0 Å². The summed E-state index contributed by atoms with van der Waals surface area (Å²) in [5.74, 6) is -0.224. The zero-order valence-corrected chi connectivity index (χ0v) is 10.8. The van der Waals surface area contributed by atoms with Crippen LogP contribution in [-0.4, -0.2) is 13.1 Å². The van der Waals surface area contributed by atoms with Crippen LogP contribution >= 0.6 is 11.3 Å². The van der Waals surface area contributed by atoms with Crippen LogP contribution in [0.1, 0.15) is 40.9 Å². The third-order valence-electron chi connectivity index (χ3n) is 2.04. The third-order valence-corrected chi connectivity index (χ3v) is 3.26. The number of ether oxygens (including phenoxy) is 1. The van der Waals surface area contributed by atoms with Crippen LogP contribution in [-0.2, 0) is 11.2 Å². The third kappa shape index (κ3) is 3.34. The summed E-state index contributed by atoms with van der Waals surface area (Å²) < 4.78 is 4.73. The molecule has 15 heavy (non-hydrogen) atoms. The minimum Gasteiger partial charge on any atom is -0.465 e. The number of esters is 1. The van der Waals surface area contributed by atoms with Gasteiger partial charge in [-0.05, 0) is 30.4 Å². The van der Waals surface area contributed by atoms with E-state index in [0.717, 1.165) is 16.9 Å². The van der Waals surface area contributed by atoms with Crippen LogP contribution in [0.3, 0.4) is 0 Å². The average Bonchev–Trinajstić information content (AvgIpc) is 2.42. The van der Waals surface area contributed by atoms with Crippen molar-refractivity contribution in [3.8, 4) is 0 Å². The normalized spacial score (nSPS) is 11.5. The minimum absolute atomic E-state index is 0.224. The molecule has 0 saturated heterocycles. The molecule has 1 aromatic heterocycles. The van der Waals surface area contributed by atoms with Gasteiger partial charge in [-0.1, -0.05) is 20.8 Å². The molecule has 3 heteroatoms. The van der Waals surface area contributed by atoms with E-state index in [9.17, 15) is 4.79 Å².